The van der Waals surface area contributed by atoms with Gasteiger partial charge in [0.1, 0.15) is 11.3 Å². The Morgan fingerprint density at radius 1 is 1.03 bits per heavy atom. The Bertz CT molecular complexity index is 1080. The number of fused-ring (bicyclic) bond motifs is 2. The third-order valence-corrected chi connectivity index (χ3v) is 4.55. The SMILES string of the molecule is CC.CC.CCc1nc2ccccn2c1C(=O)NCc1ccc2c(ccn2C)c1. The molecular formula is C24H32N4O. The minimum absolute atomic E-state index is 0.0938. The number of hydrogen-bond acceptors (Lipinski definition) is 2. The summed E-state index contributed by atoms with van der Waals surface area (Å²) >= 11 is 0. The van der Waals surface area contributed by atoms with Crippen LogP contribution in [0.4, 0.5) is 0 Å². The summed E-state index contributed by atoms with van der Waals surface area (Å²) in [4.78, 5) is 17.3. The van der Waals surface area contributed by atoms with E-state index >= 15 is 0 Å². The molecular weight excluding hydrogens is 360 g/mol. The molecule has 4 rings (SSSR count). The first-order valence-corrected chi connectivity index (χ1v) is 10.5. The molecule has 3 aromatic heterocycles. The first kappa shape index (κ1) is 22.2. The molecule has 1 aromatic carbocycles. The largest absolute Gasteiger partial charge is 0.351 e. The molecule has 5 heteroatoms. The van der Waals surface area contributed by atoms with E-state index in [0.717, 1.165) is 23.3 Å². The highest BCUT2D eigenvalue weighted by molar-refractivity contribution is 5.94. The Hall–Kier alpha value is -3.08. The number of rotatable bonds is 4. The summed E-state index contributed by atoms with van der Waals surface area (Å²) in [7, 11) is 2.03. The van der Waals surface area contributed by atoms with Crippen molar-refractivity contribution in [1.82, 2.24) is 19.3 Å². The lowest BCUT2D eigenvalue weighted by Gasteiger charge is -2.07. The number of imidazole rings is 1. The lowest BCUT2D eigenvalue weighted by Crippen LogP contribution is -2.25. The molecule has 5 nitrogen and oxygen atoms in total. The zero-order valence-electron chi connectivity index (χ0n) is 18.4. The second-order valence-electron chi connectivity index (χ2n) is 6.19. The molecule has 154 valence electrons. The van der Waals surface area contributed by atoms with Crippen LogP contribution in [0.2, 0.25) is 0 Å². The number of aromatic nitrogens is 3. The van der Waals surface area contributed by atoms with Crippen molar-refractivity contribution in [3.8, 4) is 0 Å². The quantitative estimate of drug-likeness (QED) is 0.507. The molecule has 1 amide bonds. The van der Waals surface area contributed by atoms with Crippen molar-refractivity contribution in [3.63, 3.8) is 0 Å². The van der Waals surface area contributed by atoms with Crippen LogP contribution in [0.3, 0.4) is 0 Å². The average molecular weight is 393 g/mol. The summed E-state index contributed by atoms with van der Waals surface area (Å²) in [6.45, 7) is 10.5. The molecule has 0 aliphatic rings. The normalized spacial score (nSPS) is 10.1. The molecule has 4 aromatic rings. The first-order valence-electron chi connectivity index (χ1n) is 10.5. The number of pyridine rings is 1. The summed E-state index contributed by atoms with van der Waals surface area (Å²) in [6.07, 6.45) is 4.64. The van der Waals surface area contributed by atoms with E-state index in [2.05, 4.69) is 39.1 Å². The van der Waals surface area contributed by atoms with Crippen molar-refractivity contribution in [2.24, 2.45) is 7.05 Å². The lowest BCUT2D eigenvalue weighted by atomic mass is 10.1. The van der Waals surface area contributed by atoms with Gasteiger partial charge in [-0.3, -0.25) is 9.20 Å². The average Bonchev–Trinajstić information content (AvgIpc) is 3.35. The fourth-order valence-electron chi connectivity index (χ4n) is 3.24. The van der Waals surface area contributed by atoms with Gasteiger partial charge in [0.2, 0.25) is 0 Å². The van der Waals surface area contributed by atoms with Gasteiger partial charge in [0.25, 0.3) is 5.91 Å². The first-order chi connectivity index (χ1) is 14.2. The van der Waals surface area contributed by atoms with Crippen LogP contribution in [0, 0.1) is 0 Å². The summed E-state index contributed by atoms with van der Waals surface area (Å²) in [5.41, 5.74) is 4.51. The smallest absolute Gasteiger partial charge is 0.270 e. The molecule has 0 spiro atoms. The van der Waals surface area contributed by atoms with Crippen molar-refractivity contribution in [1.29, 1.82) is 0 Å². The number of carbonyl (C=O) groups excluding carboxylic acids is 1. The molecule has 0 fully saturated rings. The standard InChI is InChI=1S/C20H20N4O.2C2H6/c1-3-16-19(24-10-5-4-6-18(24)22-16)20(25)21-13-14-7-8-17-15(12-14)9-11-23(17)2;2*1-2/h4-12H,3,13H2,1-2H3,(H,21,25);2*1-2H3. The Morgan fingerprint density at radius 2 is 1.79 bits per heavy atom. The number of hydrogen-bond donors (Lipinski definition) is 1. The van der Waals surface area contributed by atoms with Crippen molar-refractivity contribution >= 4 is 22.5 Å². The van der Waals surface area contributed by atoms with Crippen molar-refractivity contribution in [3.05, 3.63) is 71.8 Å². The molecule has 29 heavy (non-hydrogen) atoms. The molecule has 0 aliphatic heterocycles. The molecule has 3 heterocycles. The number of aryl methyl sites for hydroxylation is 2. The maximum Gasteiger partial charge on any atom is 0.270 e. The predicted molar refractivity (Wildman–Crippen MR) is 121 cm³/mol. The van der Waals surface area contributed by atoms with E-state index in [9.17, 15) is 4.79 Å². The topological polar surface area (TPSA) is 51.3 Å². The number of benzene rings is 1. The van der Waals surface area contributed by atoms with Crippen LogP contribution in [0.1, 0.15) is 56.4 Å². The maximum absolute atomic E-state index is 12.8. The number of nitrogens with zero attached hydrogens (tertiary/aromatic N) is 3. The summed E-state index contributed by atoms with van der Waals surface area (Å²) < 4.78 is 3.94. The maximum atomic E-state index is 12.8. The van der Waals surface area contributed by atoms with Gasteiger partial charge >= 0.3 is 0 Å². The molecule has 0 radical (unpaired) electrons. The number of amides is 1. The fraction of sp³-hybridized carbons (Fsp3) is 0.333. The third-order valence-electron chi connectivity index (χ3n) is 4.55. The predicted octanol–water partition coefficient (Wildman–Crippen LogP) is 5.37. The van der Waals surface area contributed by atoms with E-state index in [-0.39, 0.29) is 5.91 Å². The molecule has 0 saturated carbocycles. The highest BCUT2D eigenvalue weighted by Gasteiger charge is 2.17. The molecule has 0 unspecified atom stereocenters. The van der Waals surface area contributed by atoms with Gasteiger partial charge in [0.05, 0.1) is 5.69 Å². The molecule has 0 atom stereocenters. The highest BCUT2D eigenvalue weighted by Crippen LogP contribution is 2.17. The third kappa shape index (κ3) is 4.67. The van der Waals surface area contributed by atoms with Crippen molar-refractivity contribution in [2.45, 2.75) is 47.6 Å². The zero-order valence-corrected chi connectivity index (χ0v) is 18.4. The van der Waals surface area contributed by atoms with Crippen LogP contribution < -0.4 is 5.32 Å². The van der Waals surface area contributed by atoms with E-state index in [1.54, 1.807) is 0 Å². The van der Waals surface area contributed by atoms with Crippen molar-refractivity contribution < 1.29 is 4.79 Å². The fourth-order valence-corrected chi connectivity index (χ4v) is 3.24. The second kappa shape index (κ2) is 10.5. The second-order valence-corrected chi connectivity index (χ2v) is 6.19. The van der Waals surface area contributed by atoms with Crippen LogP contribution in [-0.2, 0) is 20.0 Å². The minimum Gasteiger partial charge on any atom is -0.351 e. The van der Waals surface area contributed by atoms with Gasteiger partial charge < -0.3 is 9.88 Å². The zero-order chi connectivity index (χ0) is 21.4. The van der Waals surface area contributed by atoms with Gasteiger partial charge in [-0.05, 0) is 47.7 Å². The van der Waals surface area contributed by atoms with Gasteiger partial charge in [-0.2, -0.15) is 0 Å². The van der Waals surface area contributed by atoms with E-state index < -0.39 is 0 Å². The highest BCUT2D eigenvalue weighted by atomic mass is 16.1. The minimum atomic E-state index is -0.0938. The summed E-state index contributed by atoms with van der Waals surface area (Å²) in [5, 5.41) is 4.21. The van der Waals surface area contributed by atoms with E-state index in [1.807, 2.05) is 76.7 Å². The summed E-state index contributed by atoms with van der Waals surface area (Å²) in [5.74, 6) is -0.0938. The molecule has 0 bridgehead atoms. The van der Waals surface area contributed by atoms with Gasteiger partial charge in [-0.1, -0.05) is 46.8 Å². The van der Waals surface area contributed by atoms with Crippen LogP contribution in [-0.4, -0.2) is 19.9 Å². The molecule has 0 aliphatic carbocycles. The number of nitrogens with one attached hydrogen (secondary N) is 1. The summed E-state index contributed by atoms with van der Waals surface area (Å²) in [6, 6.07) is 14.1. The monoisotopic (exact) mass is 392 g/mol. The van der Waals surface area contributed by atoms with Crippen LogP contribution in [0.5, 0.6) is 0 Å². The van der Waals surface area contributed by atoms with Gasteiger partial charge in [-0.25, -0.2) is 4.98 Å². The van der Waals surface area contributed by atoms with Crippen LogP contribution in [0.15, 0.2) is 54.9 Å². The van der Waals surface area contributed by atoms with Gasteiger partial charge in [0, 0.05) is 31.5 Å². The van der Waals surface area contributed by atoms with E-state index in [0.29, 0.717) is 12.2 Å². The number of carbonyl (C=O) groups is 1. The van der Waals surface area contributed by atoms with Crippen LogP contribution in [0.25, 0.3) is 16.6 Å². The van der Waals surface area contributed by atoms with E-state index in [4.69, 9.17) is 0 Å². The Balaban J connectivity index is 0.000000707. The van der Waals surface area contributed by atoms with Gasteiger partial charge in [-0.15, -0.1) is 0 Å². The molecule has 1 N–H and O–H groups in total. The van der Waals surface area contributed by atoms with Crippen LogP contribution >= 0.6 is 0 Å². The lowest BCUT2D eigenvalue weighted by molar-refractivity contribution is 0.0944. The van der Waals surface area contributed by atoms with E-state index in [1.165, 1.54) is 10.9 Å². The Morgan fingerprint density at radius 3 is 2.52 bits per heavy atom. The van der Waals surface area contributed by atoms with Gasteiger partial charge in [0.15, 0.2) is 0 Å². The Labute approximate surface area is 173 Å². The van der Waals surface area contributed by atoms with Crippen molar-refractivity contribution in [2.75, 3.05) is 0 Å². The molecule has 0 saturated heterocycles. The Kier molecular flexibility index (Phi) is 8.01.